The first-order valence-electron chi connectivity index (χ1n) is 11.0. The highest BCUT2D eigenvalue weighted by Crippen LogP contribution is 2.31. The van der Waals surface area contributed by atoms with E-state index in [2.05, 4.69) is 22.4 Å². The zero-order valence-corrected chi connectivity index (χ0v) is 19.7. The van der Waals surface area contributed by atoms with E-state index in [4.69, 9.17) is 26.4 Å². The Hall–Kier alpha value is -3.10. The van der Waals surface area contributed by atoms with Crippen LogP contribution in [-0.4, -0.2) is 48.5 Å². The van der Waals surface area contributed by atoms with Crippen LogP contribution in [0.1, 0.15) is 24.0 Å². The summed E-state index contributed by atoms with van der Waals surface area (Å²) in [6.07, 6.45) is 2.28. The fraction of sp³-hybridized carbons (Fsp3) is 0.360. The van der Waals surface area contributed by atoms with Crippen molar-refractivity contribution in [1.82, 2.24) is 15.2 Å². The second kappa shape index (κ2) is 10.7. The number of rotatable bonds is 8. The summed E-state index contributed by atoms with van der Waals surface area (Å²) in [6, 6.07) is 15.6. The van der Waals surface area contributed by atoms with E-state index in [9.17, 15) is 4.79 Å². The smallest absolute Gasteiger partial charge is 0.253 e. The summed E-state index contributed by atoms with van der Waals surface area (Å²) < 4.78 is 16.5. The van der Waals surface area contributed by atoms with Crippen molar-refractivity contribution in [3.8, 4) is 11.5 Å². The molecule has 174 valence electrons. The Balaban J connectivity index is 1.60. The highest BCUT2D eigenvalue weighted by Gasteiger charge is 2.19. The van der Waals surface area contributed by atoms with Crippen molar-refractivity contribution in [2.75, 3.05) is 27.4 Å². The number of ether oxygens (including phenoxy) is 3. The number of benzene rings is 2. The van der Waals surface area contributed by atoms with Gasteiger partial charge in [-0.1, -0.05) is 30.3 Å². The van der Waals surface area contributed by atoms with E-state index in [0.717, 1.165) is 30.4 Å². The van der Waals surface area contributed by atoms with E-state index < -0.39 is 0 Å². The highest BCUT2D eigenvalue weighted by atomic mass is 32.1. The lowest BCUT2D eigenvalue weighted by atomic mass is 10.1. The Morgan fingerprint density at radius 2 is 1.91 bits per heavy atom. The molecule has 2 aromatic carbocycles. The summed E-state index contributed by atoms with van der Waals surface area (Å²) in [5, 5.41) is 4.80. The first-order chi connectivity index (χ1) is 16.1. The van der Waals surface area contributed by atoms with E-state index >= 15 is 0 Å². The van der Waals surface area contributed by atoms with Gasteiger partial charge in [0.15, 0.2) is 16.6 Å². The Kier molecular flexibility index (Phi) is 7.47. The summed E-state index contributed by atoms with van der Waals surface area (Å²) in [5.74, 6) is 1.18. The van der Waals surface area contributed by atoms with Gasteiger partial charge in [0.2, 0.25) is 0 Å². The highest BCUT2D eigenvalue weighted by molar-refractivity contribution is 7.80. The second-order valence-electron chi connectivity index (χ2n) is 8.08. The number of nitrogens with one attached hydrogen (secondary N) is 2. The molecular weight excluding hydrogens is 438 g/mol. The first-order valence-corrected chi connectivity index (χ1v) is 11.4. The number of methoxy groups -OCH3 is 2. The average molecular weight is 468 g/mol. The van der Waals surface area contributed by atoms with Crippen molar-refractivity contribution in [3.63, 3.8) is 0 Å². The van der Waals surface area contributed by atoms with Gasteiger partial charge >= 0.3 is 0 Å². The third-order valence-corrected chi connectivity index (χ3v) is 6.20. The standard InChI is InChI=1S/C25H29N3O4S/c1-30-22-12-18-11-19(24(29)27-21(18)13-23(22)31-2)16-28(15-17-7-4-3-5-8-17)25(33)26-14-20-9-6-10-32-20/h3-5,7-8,11-13,20H,6,9-10,14-16H2,1-2H3,(H,26,33)(H,27,29)/t20-/m0/s1. The predicted molar refractivity (Wildman–Crippen MR) is 133 cm³/mol. The largest absolute Gasteiger partial charge is 0.493 e. The fourth-order valence-corrected chi connectivity index (χ4v) is 4.24. The summed E-state index contributed by atoms with van der Waals surface area (Å²) in [4.78, 5) is 17.9. The molecule has 0 radical (unpaired) electrons. The minimum atomic E-state index is -0.158. The molecule has 2 heterocycles. The van der Waals surface area contributed by atoms with Crippen LogP contribution in [0.4, 0.5) is 0 Å². The number of H-pyrrole nitrogens is 1. The molecule has 3 aromatic rings. The van der Waals surface area contributed by atoms with Gasteiger partial charge < -0.3 is 29.4 Å². The molecule has 7 nitrogen and oxygen atoms in total. The first kappa shape index (κ1) is 23.1. The van der Waals surface area contributed by atoms with Crippen LogP contribution in [0.5, 0.6) is 11.5 Å². The number of aromatic nitrogens is 1. The van der Waals surface area contributed by atoms with Gasteiger partial charge in [-0.2, -0.15) is 0 Å². The third kappa shape index (κ3) is 5.64. The molecule has 33 heavy (non-hydrogen) atoms. The topological polar surface area (TPSA) is 75.8 Å². The van der Waals surface area contributed by atoms with Crippen LogP contribution in [0, 0.1) is 0 Å². The molecule has 1 aliphatic rings. The van der Waals surface area contributed by atoms with Crippen molar-refractivity contribution in [3.05, 3.63) is 70.0 Å². The molecule has 1 atom stereocenters. The van der Waals surface area contributed by atoms with Crippen molar-refractivity contribution < 1.29 is 14.2 Å². The van der Waals surface area contributed by atoms with Crippen molar-refractivity contribution in [2.24, 2.45) is 0 Å². The summed E-state index contributed by atoms with van der Waals surface area (Å²) in [5.41, 5.74) is 2.26. The molecule has 0 bridgehead atoms. The lowest BCUT2D eigenvalue weighted by molar-refractivity contribution is 0.113. The normalized spacial score (nSPS) is 15.4. The maximum atomic E-state index is 12.9. The molecule has 1 fully saturated rings. The Bertz CT molecular complexity index is 1160. The van der Waals surface area contributed by atoms with Gasteiger partial charge in [-0.15, -0.1) is 0 Å². The van der Waals surface area contributed by atoms with Crippen LogP contribution in [0.2, 0.25) is 0 Å². The van der Waals surface area contributed by atoms with Crippen LogP contribution >= 0.6 is 12.2 Å². The van der Waals surface area contributed by atoms with E-state index in [1.807, 2.05) is 35.2 Å². The zero-order valence-electron chi connectivity index (χ0n) is 18.9. The van der Waals surface area contributed by atoms with Gasteiger partial charge in [0.25, 0.3) is 5.56 Å². The Morgan fingerprint density at radius 1 is 1.15 bits per heavy atom. The Labute approximate surface area is 198 Å². The second-order valence-corrected chi connectivity index (χ2v) is 8.47. The van der Waals surface area contributed by atoms with Gasteiger partial charge in [-0.3, -0.25) is 4.79 Å². The van der Waals surface area contributed by atoms with Crippen molar-refractivity contribution >= 4 is 28.2 Å². The molecule has 0 unspecified atom stereocenters. The quantitative estimate of drug-likeness (QED) is 0.490. The van der Waals surface area contributed by atoms with Gasteiger partial charge in [0, 0.05) is 36.7 Å². The minimum absolute atomic E-state index is 0.158. The average Bonchev–Trinajstić information content (AvgIpc) is 3.36. The summed E-state index contributed by atoms with van der Waals surface area (Å²) >= 11 is 5.73. The molecular formula is C25H29N3O4S. The number of pyridine rings is 1. The number of nitrogens with zero attached hydrogens (tertiary/aromatic N) is 1. The zero-order chi connectivity index (χ0) is 23.2. The Morgan fingerprint density at radius 3 is 2.61 bits per heavy atom. The number of hydrogen-bond acceptors (Lipinski definition) is 5. The predicted octanol–water partition coefficient (Wildman–Crippen LogP) is 3.60. The number of hydrogen-bond donors (Lipinski definition) is 2. The molecule has 0 spiro atoms. The van der Waals surface area contributed by atoms with E-state index in [0.29, 0.717) is 47.3 Å². The molecule has 1 aromatic heterocycles. The lowest BCUT2D eigenvalue weighted by Crippen LogP contribution is -2.42. The molecule has 1 aliphatic heterocycles. The summed E-state index contributed by atoms with van der Waals surface area (Å²) in [7, 11) is 3.16. The van der Waals surface area contributed by atoms with Crippen molar-refractivity contribution in [2.45, 2.75) is 32.0 Å². The van der Waals surface area contributed by atoms with Gasteiger partial charge in [-0.05, 0) is 42.8 Å². The number of aromatic amines is 1. The monoisotopic (exact) mass is 467 g/mol. The van der Waals surface area contributed by atoms with Gasteiger partial charge in [0.05, 0.1) is 32.4 Å². The van der Waals surface area contributed by atoms with Crippen LogP contribution in [-0.2, 0) is 17.8 Å². The lowest BCUT2D eigenvalue weighted by Gasteiger charge is -2.27. The molecule has 2 N–H and O–H groups in total. The maximum absolute atomic E-state index is 12.9. The maximum Gasteiger partial charge on any atom is 0.253 e. The fourth-order valence-electron chi connectivity index (χ4n) is 4.02. The molecule has 8 heteroatoms. The van der Waals surface area contributed by atoms with Gasteiger partial charge in [0.1, 0.15) is 0 Å². The van der Waals surface area contributed by atoms with Crippen LogP contribution in [0.25, 0.3) is 10.9 Å². The molecule has 4 rings (SSSR count). The molecule has 0 amide bonds. The van der Waals surface area contributed by atoms with E-state index in [1.54, 1.807) is 20.3 Å². The van der Waals surface area contributed by atoms with E-state index in [1.165, 1.54) is 0 Å². The van der Waals surface area contributed by atoms with Crippen LogP contribution in [0.15, 0.2) is 53.3 Å². The molecule has 1 saturated heterocycles. The third-order valence-electron chi connectivity index (χ3n) is 5.79. The molecule has 0 aliphatic carbocycles. The minimum Gasteiger partial charge on any atom is -0.493 e. The van der Waals surface area contributed by atoms with Crippen molar-refractivity contribution in [1.29, 1.82) is 0 Å². The number of fused-ring (bicyclic) bond motifs is 1. The van der Waals surface area contributed by atoms with Crippen LogP contribution < -0.4 is 20.3 Å². The number of thiocarbonyl (C=S) groups is 1. The van der Waals surface area contributed by atoms with E-state index in [-0.39, 0.29) is 11.7 Å². The van der Waals surface area contributed by atoms with Gasteiger partial charge in [-0.25, -0.2) is 0 Å². The van der Waals surface area contributed by atoms with Crippen LogP contribution in [0.3, 0.4) is 0 Å². The SMILES string of the molecule is COc1cc2cc(CN(Cc3ccccc3)C(=S)NC[C@@H]3CCCO3)c(=O)[nH]c2cc1OC. The molecule has 0 saturated carbocycles. The summed E-state index contributed by atoms with van der Waals surface area (Å²) in [6.45, 7) is 2.41.